The molecule has 0 aliphatic heterocycles. The van der Waals surface area contributed by atoms with E-state index >= 15 is 0 Å². The Morgan fingerprint density at radius 2 is 2.29 bits per heavy atom. The van der Waals surface area contributed by atoms with E-state index in [0.29, 0.717) is 6.54 Å². The smallest absolute Gasteiger partial charge is 0.166 e. The Morgan fingerprint density at radius 1 is 1.43 bits per heavy atom. The lowest BCUT2D eigenvalue weighted by atomic mass is 10.3. The first-order chi connectivity index (χ1) is 6.79. The van der Waals surface area contributed by atoms with Crippen molar-refractivity contribution >= 4 is 28.5 Å². The van der Waals surface area contributed by atoms with Crippen molar-refractivity contribution in [1.29, 1.82) is 0 Å². The number of rotatable bonds is 3. The van der Waals surface area contributed by atoms with Crippen LogP contribution in [0, 0.1) is 0 Å². The Balaban J connectivity index is 2.32. The van der Waals surface area contributed by atoms with Gasteiger partial charge in [0.05, 0.1) is 11.0 Å². The Morgan fingerprint density at radius 3 is 3.07 bits per heavy atom. The molecule has 0 fully saturated rings. The van der Waals surface area contributed by atoms with Crippen molar-refractivity contribution in [3.8, 4) is 0 Å². The molecule has 2 rings (SSSR count). The molecule has 74 valence electrons. The van der Waals surface area contributed by atoms with E-state index in [0.717, 1.165) is 27.6 Å². The molecule has 1 aromatic heterocycles. The van der Waals surface area contributed by atoms with E-state index in [9.17, 15) is 0 Å². The molecule has 1 heterocycles. The van der Waals surface area contributed by atoms with Gasteiger partial charge >= 0.3 is 0 Å². The number of aromatic amines is 1. The number of nitrogens with two attached hydrogens (primary N) is 2. The SMILES string of the molecule is NCCSc1nc2ccc(N)cc2[nH]1. The van der Waals surface area contributed by atoms with Gasteiger partial charge in [0.25, 0.3) is 0 Å². The maximum atomic E-state index is 5.66. The molecule has 4 nitrogen and oxygen atoms in total. The van der Waals surface area contributed by atoms with E-state index in [-0.39, 0.29) is 0 Å². The summed E-state index contributed by atoms with van der Waals surface area (Å²) >= 11 is 1.62. The molecule has 1 aromatic carbocycles. The van der Waals surface area contributed by atoms with Crippen molar-refractivity contribution in [3.63, 3.8) is 0 Å². The fourth-order valence-corrected chi connectivity index (χ4v) is 1.88. The highest BCUT2D eigenvalue weighted by Gasteiger charge is 2.02. The summed E-state index contributed by atoms with van der Waals surface area (Å²) in [4.78, 5) is 7.58. The van der Waals surface area contributed by atoms with Crippen LogP contribution in [0.4, 0.5) is 5.69 Å². The average Bonchev–Trinajstić information content (AvgIpc) is 2.56. The maximum absolute atomic E-state index is 5.66. The molecule has 0 saturated carbocycles. The van der Waals surface area contributed by atoms with Crippen LogP contribution in [-0.4, -0.2) is 22.3 Å². The third kappa shape index (κ3) is 1.83. The lowest BCUT2D eigenvalue weighted by Gasteiger charge is -1.91. The normalized spacial score (nSPS) is 10.9. The van der Waals surface area contributed by atoms with Gasteiger partial charge < -0.3 is 16.5 Å². The number of thioether (sulfide) groups is 1. The zero-order valence-electron chi connectivity index (χ0n) is 7.66. The van der Waals surface area contributed by atoms with Gasteiger partial charge in [-0.1, -0.05) is 11.8 Å². The molecule has 0 amide bonds. The van der Waals surface area contributed by atoms with E-state index < -0.39 is 0 Å². The van der Waals surface area contributed by atoms with Crippen LogP contribution in [0.15, 0.2) is 23.4 Å². The van der Waals surface area contributed by atoms with Gasteiger partial charge in [-0.05, 0) is 18.2 Å². The zero-order valence-corrected chi connectivity index (χ0v) is 8.47. The van der Waals surface area contributed by atoms with Crippen LogP contribution >= 0.6 is 11.8 Å². The summed E-state index contributed by atoms with van der Waals surface area (Å²) in [7, 11) is 0. The number of fused-ring (bicyclic) bond motifs is 1. The molecule has 2 aromatic rings. The monoisotopic (exact) mass is 208 g/mol. The Hall–Kier alpha value is -1.20. The number of hydrogen-bond acceptors (Lipinski definition) is 4. The predicted octanol–water partition coefficient (Wildman–Crippen LogP) is 1.20. The fourth-order valence-electron chi connectivity index (χ4n) is 1.23. The molecule has 0 bridgehead atoms. The van der Waals surface area contributed by atoms with Gasteiger partial charge in [0.1, 0.15) is 0 Å². The molecule has 0 unspecified atom stereocenters. The number of nitrogens with one attached hydrogen (secondary N) is 1. The standard InChI is InChI=1S/C9H12N4S/c10-3-4-14-9-12-7-2-1-6(11)5-8(7)13-9/h1-2,5H,3-4,10-11H2,(H,12,13). The van der Waals surface area contributed by atoms with Gasteiger partial charge in [0, 0.05) is 18.0 Å². The van der Waals surface area contributed by atoms with Crippen LogP contribution in [0.25, 0.3) is 11.0 Å². The summed E-state index contributed by atoms with van der Waals surface area (Å²) in [6.45, 7) is 0.657. The second kappa shape index (κ2) is 3.89. The molecule has 14 heavy (non-hydrogen) atoms. The number of nitrogens with zero attached hydrogens (tertiary/aromatic N) is 1. The van der Waals surface area contributed by atoms with Crippen LogP contribution in [0.1, 0.15) is 0 Å². The first-order valence-corrected chi connectivity index (χ1v) is 5.36. The molecule has 0 aliphatic carbocycles. The van der Waals surface area contributed by atoms with Crippen LogP contribution in [0.5, 0.6) is 0 Å². The zero-order chi connectivity index (χ0) is 9.97. The summed E-state index contributed by atoms with van der Waals surface area (Å²) in [6.07, 6.45) is 0. The highest BCUT2D eigenvalue weighted by molar-refractivity contribution is 7.99. The van der Waals surface area contributed by atoms with Crippen molar-refractivity contribution in [1.82, 2.24) is 9.97 Å². The van der Waals surface area contributed by atoms with E-state index in [1.807, 2.05) is 18.2 Å². The van der Waals surface area contributed by atoms with Crippen LogP contribution in [-0.2, 0) is 0 Å². The van der Waals surface area contributed by atoms with Crippen LogP contribution in [0.3, 0.4) is 0 Å². The molecular formula is C9H12N4S. The molecule has 0 radical (unpaired) electrons. The summed E-state index contributed by atoms with van der Waals surface area (Å²) in [5, 5.41) is 0.899. The maximum Gasteiger partial charge on any atom is 0.166 e. The van der Waals surface area contributed by atoms with Crippen molar-refractivity contribution < 1.29 is 0 Å². The highest BCUT2D eigenvalue weighted by atomic mass is 32.2. The van der Waals surface area contributed by atoms with Crippen molar-refractivity contribution in [3.05, 3.63) is 18.2 Å². The minimum absolute atomic E-state index is 0.657. The van der Waals surface area contributed by atoms with Crippen molar-refractivity contribution in [2.24, 2.45) is 5.73 Å². The largest absolute Gasteiger partial charge is 0.399 e. The molecule has 0 saturated heterocycles. The third-order valence-corrected chi connectivity index (χ3v) is 2.75. The van der Waals surface area contributed by atoms with Gasteiger partial charge in [-0.15, -0.1) is 0 Å². The number of aromatic nitrogens is 2. The van der Waals surface area contributed by atoms with Gasteiger partial charge in [-0.25, -0.2) is 4.98 Å². The first-order valence-electron chi connectivity index (χ1n) is 4.37. The second-order valence-corrected chi connectivity index (χ2v) is 4.04. The number of imidazole rings is 1. The summed E-state index contributed by atoms with van der Waals surface area (Å²) in [5.74, 6) is 0.870. The molecule has 0 spiro atoms. The number of benzene rings is 1. The van der Waals surface area contributed by atoms with Crippen LogP contribution in [0.2, 0.25) is 0 Å². The minimum Gasteiger partial charge on any atom is -0.399 e. The molecule has 0 aliphatic rings. The Kier molecular flexibility index (Phi) is 2.60. The van der Waals surface area contributed by atoms with Crippen LogP contribution < -0.4 is 11.5 Å². The summed E-state index contributed by atoms with van der Waals surface area (Å²) in [5.41, 5.74) is 13.7. The quantitative estimate of drug-likeness (QED) is 0.523. The average molecular weight is 208 g/mol. The third-order valence-electron chi connectivity index (χ3n) is 1.84. The number of hydrogen-bond donors (Lipinski definition) is 3. The molecule has 0 atom stereocenters. The second-order valence-electron chi connectivity index (χ2n) is 2.96. The number of anilines is 1. The van der Waals surface area contributed by atoms with Gasteiger partial charge in [0.2, 0.25) is 0 Å². The lowest BCUT2D eigenvalue weighted by Crippen LogP contribution is -2.01. The summed E-state index contributed by atoms with van der Waals surface area (Å²) < 4.78 is 0. The Labute approximate surface area is 86.1 Å². The van der Waals surface area contributed by atoms with Crippen molar-refractivity contribution in [2.45, 2.75) is 5.16 Å². The number of nitrogen functional groups attached to an aromatic ring is 1. The van der Waals surface area contributed by atoms with Gasteiger partial charge in [0.15, 0.2) is 5.16 Å². The van der Waals surface area contributed by atoms with E-state index in [4.69, 9.17) is 11.5 Å². The van der Waals surface area contributed by atoms with E-state index in [2.05, 4.69) is 9.97 Å². The molecular weight excluding hydrogens is 196 g/mol. The molecule has 5 N–H and O–H groups in total. The molecule has 5 heteroatoms. The minimum atomic E-state index is 0.657. The highest BCUT2D eigenvalue weighted by Crippen LogP contribution is 2.20. The topological polar surface area (TPSA) is 80.7 Å². The van der Waals surface area contributed by atoms with E-state index in [1.54, 1.807) is 11.8 Å². The van der Waals surface area contributed by atoms with Crippen molar-refractivity contribution in [2.75, 3.05) is 18.0 Å². The first kappa shape index (κ1) is 9.36. The predicted molar refractivity (Wildman–Crippen MR) is 60.3 cm³/mol. The number of H-pyrrole nitrogens is 1. The van der Waals surface area contributed by atoms with Gasteiger partial charge in [-0.2, -0.15) is 0 Å². The summed E-state index contributed by atoms with van der Waals surface area (Å²) in [6, 6.07) is 5.64. The fraction of sp³-hybridized carbons (Fsp3) is 0.222. The van der Waals surface area contributed by atoms with E-state index in [1.165, 1.54) is 0 Å². The lowest BCUT2D eigenvalue weighted by molar-refractivity contribution is 1.07. The van der Waals surface area contributed by atoms with Gasteiger partial charge in [-0.3, -0.25) is 0 Å². The Bertz CT molecular complexity index is 437.